The van der Waals surface area contributed by atoms with Crippen LogP contribution in [0.1, 0.15) is 17.0 Å². The highest BCUT2D eigenvalue weighted by atomic mass is 35.5. The number of imidazole rings is 1. The van der Waals surface area contributed by atoms with Crippen LogP contribution in [-0.4, -0.2) is 9.38 Å². The van der Waals surface area contributed by atoms with E-state index >= 15 is 0 Å². The van der Waals surface area contributed by atoms with Crippen molar-refractivity contribution in [3.05, 3.63) is 70.8 Å². The number of benzene rings is 1. The van der Waals surface area contributed by atoms with E-state index < -0.39 is 0 Å². The summed E-state index contributed by atoms with van der Waals surface area (Å²) in [7, 11) is 0. The Hall–Kier alpha value is -1.84. The zero-order valence-corrected chi connectivity index (χ0v) is 11.1. The fourth-order valence-electron chi connectivity index (χ4n) is 2.17. The SMILES string of the molecule is NCc1ccc2cnc(Cc3cccc(Cl)c3)n2c1. The molecule has 0 aliphatic heterocycles. The third kappa shape index (κ3) is 2.48. The van der Waals surface area contributed by atoms with E-state index in [0.29, 0.717) is 6.54 Å². The van der Waals surface area contributed by atoms with E-state index in [-0.39, 0.29) is 0 Å². The molecular weight excluding hydrogens is 258 g/mol. The monoisotopic (exact) mass is 271 g/mol. The molecule has 0 radical (unpaired) electrons. The number of nitrogens with two attached hydrogens (primary N) is 1. The lowest BCUT2D eigenvalue weighted by Gasteiger charge is -2.04. The second kappa shape index (κ2) is 5.03. The van der Waals surface area contributed by atoms with Crippen molar-refractivity contribution in [1.29, 1.82) is 0 Å². The van der Waals surface area contributed by atoms with Gasteiger partial charge in [0.05, 0.1) is 11.7 Å². The first kappa shape index (κ1) is 12.2. The predicted molar refractivity (Wildman–Crippen MR) is 77.3 cm³/mol. The number of pyridine rings is 1. The fourth-order valence-corrected chi connectivity index (χ4v) is 2.38. The van der Waals surface area contributed by atoms with Crippen LogP contribution in [0.4, 0.5) is 0 Å². The van der Waals surface area contributed by atoms with Crippen LogP contribution in [0.2, 0.25) is 5.02 Å². The van der Waals surface area contributed by atoms with Crippen molar-refractivity contribution in [3.63, 3.8) is 0 Å². The van der Waals surface area contributed by atoms with Crippen molar-refractivity contribution in [2.24, 2.45) is 5.73 Å². The first-order chi connectivity index (χ1) is 9.26. The molecule has 3 aromatic rings. The van der Waals surface area contributed by atoms with Crippen LogP contribution in [0.3, 0.4) is 0 Å². The molecule has 4 heteroatoms. The van der Waals surface area contributed by atoms with E-state index in [1.165, 1.54) is 0 Å². The molecule has 2 heterocycles. The summed E-state index contributed by atoms with van der Waals surface area (Å²) in [6, 6.07) is 11.9. The maximum atomic E-state index is 6.01. The smallest absolute Gasteiger partial charge is 0.117 e. The molecule has 0 amide bonds. The summed E-state index contributed by atoms with van der Waals surface area (Å²) in [5.41, 5.74) is 9.01. The zero-order chi connectivity index (χ0) is 13.2. The number of rotatable bonds is 3. The van der Waals surface area contributed by atoms with Gasteiger partial charge in [-0.15, -0.1) is 0 Å². The quantitative estimate of drug-likeness (QED) is 0.796. The van der Waals surface area contributed by atoms with Gasteiger partial charge in [-0.1, -0.05) is 29.8 Å². The minimum atomic E-state index is 0.532. The average molecular weight is 272 g/mol. The Morgan fingerprint density at radius 2 is 2.05 bits per heavy atom. The molecular formula is C15H14ClN3. The summed E-state index contributed by atoms with van der Waals surface area (Å²) in [6.45, 7) is 0.532. The maximum absolute atomic E-state index is 6.01. The van der Waals surface area contributed by atoms with E-state index in [0.717, 1.165) is 33.9 Å². The van der Waals surface area contributed by atoms with Gasteiger partial charge < -0.3 is 10.1 Å². The van der Waals surface area contributed by atoms with Crippen molar-refractivity contribution < 1.29 is 0 Å². The molecule has 0 saturated carbocycles. The Kier molecular flexibility index (Phi) is 3.23. The minimum Gasteiger partial charge on any atom is -0.326 e. The van der Waals surface area contributed by atoms with E-state index in [9.17, 15) is 0 Å². The molecule has 3 rings (SSSR count). The molecule has 0 fully saturated rings. The van der Waals surface area contributed by atoms with Crippen LogP contribution in [0.25, 0.3) is 5.52 Å². The first-order valence-corrected chi connectivity index (χ1v) is 6.53. The standard InChI is InChI=1S/C15H14ClN3/c16-13-3-1-2-11(6-13)7-15-18-9-14-5-4-12(8-17)10-19(14)15/h1-6,9-10H,7-8,17H2. The number of hydrogen-bond donors (Lipinski definition) is 1. The lowest BCUT2D eigenvalue weighted by Crippen LogP contribution is -2.01. The van der Waals surface area contributed by atoms with Crippen LogP contribution in [0.15, 0.2) is 48.8 Å². The van der Waals surface area contributed by atoms with E-state index in [1.54, 1.807) is 0 Å². The van der Waals surface area contributed by atoms with Crippen molar-refractivity contribution >= 4 is 17.1 Å². The Balaban J connectivity index is 2.00. The highest BCUT2D eigenvalue weighted by Crippen LogP contribution is 2.16. The Labute approximate surface area is 116 Å². The van der Waals surface area contributed by atoms with Gasteiger partial charge >= 0.3 is 0 Å². The van der Waals surface area contributed by atoms with Gasteiger partial charge in [0.15, 0.2) is 0 Å². The van der Waals surface area contributed by atoms with Crippen LogP contribution in [0, 0.1) is 0 Å². The molecule has 0 atom stereocenters. The van der Waals surface area contributed by atoms with Gasteiger partial charge in [-0.05, 0) is 29.3 Å². The molecule has 0 saturated heterocycles. The number of hydrogen-bond acceptors (Lipinski definition) is 2. The summed E-state index contributed by atoms with van der Waals surface area (Å²) in [6.07, 6.45) is 4.67. The van der Waals surface area contributed by atoms with Crippen LogP contribution in [0.5, 0.6) is 0 Å². The third-order valence-corrected chi connectivity index (χ3v) is 3.39. The van der Waals surface area contributed by atoms with Crippen molar-refractivity contribution in [2.45, 2.75) is 13.0 Å². The van der Waals surface area contributed by atoms with Gasteiger partial charge in [0.1, 0.15) is 5.82 Å². The molecule has 3 nitrogen and oxygen atoms in total. The van der Waals surface area contributed by atoms with Crippen molar-refractivity contribution in [1.82, 2.24) is 9.38 Å². The Morgan fingerprint density at radius 1 is 1.16 bits per heavy atom. The maximum Gasteiger partial charge on any atom is 0.117 e. The average Bonchev–Trinajstić information content (AvgIpc) is 2.81. The molecule has 96 valence electrons. The van der Waals surface area contributed by atoms with Crippen LogP contribution < -0.4 is 5.73 Å². The van der Waals surface area contributed by atoms with Gasteiger partial charge in [0, 0.05) is 24.2 Å². The summed E-state index contributed by atoms with van der Waals surface area (Å²) in [5, 5.41) is 0.751. The molecule has 0 bridgehead atoms. The first-order valence-electron chi connectivity index (χ1n) is 6.15. The summed E-state index contributed by atoms with van der Waals surface area (Å²) >= 11 is 6.01. The van der Waals surface area contributed by atoms with Gasteiger partial charge in [-0.3, -0.25) is 0 Å². The predicted octanol–water partition coefficient (Wildman–Crippen LogP) is 3.04. The highest BCUT2D eigenvalue weighted by Gasteiger charge is 2.05. The molecule has 2 N–H and O–H groups in total. The van der Waals surface area contributed by atoms with Crippen molar-refractivity contribution in [2.75, 3.05) is 0 Å². The van der Waals surface area contributed by atoms with Crippen molar-refractivity contribution in [3.8, 4) is 0 Å². The van der Waals surface area contributed by atoms with Crippen LogP contribution >= 0.6 is 11.6 Å². The van der Waals surface area contributed by atoms with E-state index in [2.05, 4.69) is 15.5 Å². The minimum absolute atomic E-state index is 0.532. The van der Waals surface area contributed by atoms with E-state index in [4.69, 9.17) is 17.3 Å². The van der Waals surface area contributed by atoms with Crippen LogP contribution in [-0.2, 0) is 13.0 Å². The molecule has 0 aliphatic carbocycles. The summed E-state index contributed by atoms with van der Waals surface area (Å²) in [4.78, 5) is 4.47. The summed E-state index contributed by atoms with van der Waals surface area (Å²) < 4.78 is 2.09. The van der Waals surface area contributed by atoms with E-state index in [1.807, 2.05) is 42.7 Å². The number of aromatic nitrogens is 2. The summed E-state index contributed by atoms with van der Waals surface area (Å²) in [5.74, 6) is 0.993. The van der Waals surface area contributed by atoms with Gasteiger partial charge in [0.25, 0.3) is 0 Å². The lowest BCUT2D eigenvalue weighted by atomic mass is 10.1. The zero-order valence-electron chi connectivity index (χ0n) is 10.4. The topological polar surface area (TPSA) is 43.3 Å². The lowest BCUT2D eigenvalue weighted by molar-refractivity contribution is 0.939. The second-order valence-corrected chi connectivity index (χ2v) is 4.95. The number of fused-ring (bicyclic) bond motifs is 1. The van der Waals surface area contributed by atoms with Gasteiger partial charge in [-0.25, -0.2) is 4.98 Å². The molecule has 2 aromatic heterocycles. The largest absolute Gasteiger partial charge is 0.326 e. The molecule has 0 aliphatic rings. The molecule has 0 spiro atoms. The fraction of sp³-hybridized carbons (Fsp3) is 0.133. The normalized spacial score (nSPS) is 11.1. The third-order valence-electron chi connectivity index (χ3n) is 3.15. The van der Waals surface area contributed by atoms with Gasteiger partial charge in [-0.2, -0.15) is 0 Å². The number of halogens is 1. The highest BCUT2D eigenvalue weighted by molar-refractivity contribution is 6.30. The molecule has 19 heavy (non-hydrogen) atoms. The Bertz CT molecular complexity index is 718. The Morgan fingerprint density at radius 3 is 2.84 bits per heavy atom. The molecule has 1 aromatic carbocycles. The second-order valence-electron chi connectivity index (χ2n) is 4.52. The molecule has 0 unspecified atom stereocenters. The van der Waals surface area contributed by atoms with Gasteiger partial charge in [0.2, 0.25) is 0 Å². The number of nitrogens with zero attached hydrogens (tertiary/aromatic N) is 2.